The van der Waals surface area contributed by atoms with Crippen LogP contribution in [-0.2, 0) is 0 Å². The van der Waals surface area contributed by atoms with E-state index in [4.69, 9.17) is 0 Å². The summed E-state index contributed by atoms with van der Waals surface area (Å²) in [5, 5.41) is 9.37. The van der Waals surface area contributed by atoms with Gasteiger partial charge in [0.1, 0.15) is 0 Å². The molecule has 0 saturated heterocycles. The minimum Gasteiger partial charge on any atom is -0.388 e. The number of nitrogens with zero attached hydrogens (tertiary/aromatic N) is 1. The van der Waals surface area contributed by atoms with Crippen LogP contribution in [0, 0.1) is 0 Å². The molecule has 72 valence electrons. The molecule has 1 unspecified atom stereocenters. The van der Waals surface area contributed by atoms with Crippen molar-refractivity contribution in [3.05, 3.63) is 12.7 Å². The highest BCUT2D eigenvalue weighted by Crippen LogP contribution is 2.05. The smallest absolute Gasteiger partial charge is 0.0845 e. The molecular formula is C10H21NO. The summed E-state index contributed by atoms with van der Waals surface area (Å²) in [6.45, 7) is 12.8. The highest BCUT2D eigenvalue weighted by molar-refractivity contribution is 4.83. The Kier molecular flexibility index (Phi) is 5.18. The topological polar surface area (TPSA) is 23.5 Å². The zero-order valence-corrected chi connectivity index (χ0v) is 8.62. The Hall–Kier alpha value is -0.340. The van der Waals surface area contributed by atoms with Crippen molar-refractivity contribution in [1.82, 2.24) is 4.90 Å². The minimum absolute atomic E-state index is 0.408. The van der Waals surface area contributed by atoms with Crippen LogP contribution in [0.5, 0.6) is 0 Å². The number of rotatable bonds is 5. The van der Waals surface area contributed by atoms with Crippen molar-refractivity contribution >= 4 is 0 Å². The molecule has 0 rings (SSSR count). The summed E-state index contributed by atoms with van der Waals surface area (Å²) in [5.74, 6) is 0. The number of aliphatic hydroxyl groups is 1. The molecule has 0 aliphatic heterocycles. The molecule has 0 aliphatic rings. The first-order valence-electron chi connectivity index (χ1n) is 4.55. The van der Waals surface area contributed by atoms with Crippen molar-refractivity contribution in [2.45, 2.75) is 45.9 Å². The molecule has 0 spiro atoms. The summed E-state index contributed by atoms with van der Waals surface area (Å²) in [5.41, 5.74) is 0. The van der Waals surface area contributed by atoms with Crippen LogP contribution in [0.4, 0.5) is 0 Å². The van der Waals surface area contributed by atoms with Crippen molar-refractivity contribution in [3.8, 4) is 0 Å². The van der Waals surface area contributed by atoms with Gasteiger partial charge in [-0.05, 0) is 27.7 Å². The molecule has 0 aromatic heterocycles. The Morgan fingerprint density at radius 2 is 1.67 bits per heavy atom. The third-order valence-electron chi connectivity index (χ3n) is 2.00. The van der Waals surface area contributed by atoms with E-state index in [1.54, 1.807) is 6.08 Å². The van der Waals surface area contributed by atoms with Crippen LogP contribution in [0.15, 0.2) is 12.7 Å². The van der Waals surface area contributed by atoms with Gasteiger partial charge in [0.25, 0.3) is 0 Å². The molecule has 0 heterocycles. The Labute approximate surface area is 75.9 Å². The van der Waals surface area contributed by atoms with E-state index in [1.807, 2.05) is 0 Å². The standard InChI is InChI=1S/C10H21NO/c1-6-10(12)7-11(8(2)3)9(4)5/h6,8-10,12H,1,7H2,2-5H3. The van der Waals surface area contributed by atoms with E-state index in [2.05, 4.69) is 39.2 Å². The lowest BCUT2D eigenvalue weighted by Crippen LogP contribution is -2.41. The molecule has 0 amide bonds. The maximum atomic E-state index is 9.37. The molecule has 2 heteroatoms. The summed E-state index contributed by atoms with van der Waals surface area (Å²) < 4.78 is 0. The van der Waals surface area contributed by atoms with Gasteiger partial charge in [-0.1, -0.05) is 6.08 Å². The first-order valence-corrected chi connectivity index (χ1v) is 4.55. The van der Waals surface area contributed by atoms with Gasteiger partial charge in [0.2, 0.25) is 0 Å². The second kappa shape index (κ2) is 5.33. The number of aliphatic hydroxyl groups excluding tert-OH is 1. The van der Waals surface area contributed by atoms with Gasteiger partial charge in [0.15, 0.2) is 0 Å². The third-order valence-corrected chi connectivity index (χ3v) is 2.00. The zero-order valence-electron chi connectivity index (χ0n) is 8.62. The van der Waals surface area contributed by atoms with Crippen molar-refractivity contribution in [1.29, 1.82) is 0 Å². The second-order valence-corrected chi connectivity index (χ2v) is 3.69. The van der Waals surface area contributed by atoms with Crippen molar-refractivity contribution < 1.29 is 5.11 Å². The molecule has 2 nitrogen and oxygen atoms in total. The second-order valence-electron chi connectivity index (χ2n) is 3.69. The fourth-order valence-electron chi connectivity index (χ4n) is 1.31. The van der Waals surface area contributed by atoms with Gasteiger partial charge in [-0.25, -0.2) is 0 Å². The first kappa shape index (κ1) is 11.7. The van der Waals surface area contributed by atoms with Crippen LogP contribution in [0.3, 0.4) is 0 Å². The molecule has 0 fully saturated rings. The molecule has 0 bridgehead atoms. The largest absolute Gasteiger partial charge is 0.388 e. The lowest BCUT2D eigenvalue weighted by molar-refractivity contribution is 0.101. The number of hydrogen-bond donors (Lipinski definition) is 1. The average Bonchev–Trinajstić information content (AvgIpc) is 1.98. The van der Waals surface area contributed by atoms with Gasteiger partial charge in [-0.15, -0.1) is 6.58 Å². The highest BCUT2D eigenvalue weighted by atomic mass is 16.3. The molecule has 0 saturated carbocycles. The maximum Gasteiger partial charge on any atom is 0.0845 e. The molecule has 12 heavy (non-hydrogen) atoms. The van der Waals surface area contributed by atoms with E-state index in [1.165, 1.54) is 0 Å². The van der Waals surface area contributed by atoms with Crippen LogP contribution in [-0.4, -0.2) is 34.7 Å². The number of hydrogen-bond acceptors (Lipinski definition) is 2. The summed E-state index contributed by atoms with van der Waals surface area (Å²) in [6, 6.07) is 0.944. The van der Waals surface area contributed by atoms with Crippen molar-refractivity contribution in [3.63, 3.8) is 0 Å². The van der Waals surface area contributed by atoms with Crippen LogP contribution < -0.4 is 0 Å². The van der Waals surface area contributed by atoms with E-state index < -0.39 is 6.10 Å². The molecule has 0 radical (unpaired) electrons. The van der Waals surface area contributed by atoms with Gasteiger partial charge in [0, 0.05) is 18.6 Å². The van der Waals surface area contributed by atoms with Crippen LogP contribution in [0.1, 0.15) is 27.7 Å². The van der Waals surface area contributed by atoms with Gasteiger partial charge in [-0.3, -0.25) is 4.90 Å². The van der Waals surface area contributed by atoms with E-state index >= 15 is 0 Å². The van der Waals surface area contributed by atoms with Gasteiger partial charge >= 0.3 is 0 Å². The van der Waals surface area contributed by atoms with Gasteiger partial charge in [-0.2, -0.15) is 0 Å². The summed E-state index contributed by atoms with van der Waals surface area (Å²) in [4.78, 5) is 2.24. The average molecular weight is 171 g/mol. The molecule has 0 aromatic rings. The predicted molar refractivity (Wildman–Crippen MR) is 53.2 cm³/mol. The monoisotopic (exact) mass is 171 g/mol. The maximum absolute atomic E-state index is 9.37. The van der Waals surface area contributed by atoms with Crippen molar-refractivity contribution in [2.75, 3.05) is 6.54 Å². The minimum atomic E-state index is -0.408. The fourth-order valence-corrected chi connectivity index (χ4v) is 1.31. The lowest BCUT2D eigenvalue weighted by Gasteiger charge is -2.31. The first-order chi connectivity index (χ1) is 5.49. The Morgan fingerprint density at radius 1 is 1.25 bits per heavy atom. The summed E-state index contributed by atoms with van der Waals surface area (Å²) in [6.07, 6.45) is 1.17. The zero-order chi connectivity index (χ0) is 9.72. The molecule has 1 atom stereocenters. The summed E-state index contributed by atoms with van der Waals surface area (Å²) >= 11 is 0. The molecule has 0 aliphatic carbocycles. The summed E-state index contributed by atoms with van der Waals surface area (Å²) in [7, 11) is 0. The highest BCUT2D eigenvalue weighted by Gasteiger charge is 2.15. The normalized spacial score (nSPS) is 14.3. The third kappa shape index (κ3) is 3.88. The Balaban J connectivity index is 4.04. The van der Waals surface area contributed by atoms with E-state index in [-0.39, 0.29) is 0 Å². The molecule has 0 aromatic carbocycles. The molecular weight excluding hydrogens is 150 g/mol. The van der Waals surface area contributed by atoms with Crippen LogP contribution >= 0.6 is 0 Å². The predicted octanol–water partition coefficient (Wildman–Crippen LogP) is 1.65. The van der Waals surface area contributed by atoms with Crippen LogP contribution in [0.25, 0.3) is 0 Å². The Bertz CT molecular complexity index is 124. The molecule has 1 N–H and O–H groups in total. The van der Waals surface area contributed by atoms with Crippen LogP contribution in [0.2, 0.25) is 0 Å². The van der Waals surface area contributed by atoms with E-state index in [0.29, 0.717) is 18.6 Å². The quantitative estimate of drug-likeness (QED) is 0.636. The van der Waals surface area contributed by atoms with Gasteiger partial charge in [0.05, 0.1) is 6.10 Å². The van der Waals surface area contributed by atoms with Crippen molar-refractivity contribution in [2.24, 2.45) is 0 Å². The van der Waals surface area contributed by atoms with E-state index in [0.717, 1.165) is 0 Å². The lowest BCUT2D eigenvalue weighted by atomic mass is 10.2. The van der Waals surface area contributed by atoms with Gasteiger partial charge < -0.3 is 5.11 Å². The fraction of sp³-hybridized carbons (Fsp3) is 0.800. The SMILES string of the molecule is C=CC(O)CN(C(C)C)C(C)C. The van der Waals surface area contributed by atoms with E-state index in [9.17, 15) is 5.11 Å². The Morgan fingerprint density at radius 3 is 1.92 bits per heavy atom.